The topological polar surface area (TPSA) is 130 Å². The smallest absolute Gasteiger partial charge is 0.331 e. The van der Waals surface area contributed by atoms with E-state index in [9.17, 15) is 19.2 Å². The monoisotopic (exact) mass is 591 g/mol. The number of amides is 1. The summed E-state index contributed by atoms with van der Waals surface area (Å²) < 4.78 is 12.2. The number of hydrogen-bond acceptors (Lipinski definition) is 7. The molecule has 0 saturated carbocycles. The van der Waals surface area contributed by atoms with Crippen LogP contribution in [0.3, 0.4) is 0 Å². The van der Waals surface area contributed by atoms with Crippen LogP contribution in [0.1, 0.15) is 45.6 Å². The highest BCUT2D eigenvalue weighted by molar-refractivity contribution is 6.01. The Bertz CT molecular complexity index is 1700. The van der Waals surface area contributed by atoms with Gasteiger partial charge in [-0.1, -0.05) is 97.1 Å². The van der Waals surface area contributed by atoms with Crippen molar-refractivity contribution in [1.29, 1.82) is 0 Å². The molecular formula is C35H33N3O6. The van der Waals surface area contributed by atoms with Crippen molar-refractivity contribution >= 4 is 35.5 Å². The lowest BCUT2D eigenvalue weighted by Crippen LogP contribution is -2.42. The van der Waals surface area contributed by atoms with E-state index >= 15 is 0 Å². The summed E-state index contributed by atoms with van der Waals surface area (Å²) in [6.07, 6.45) is 3.26. The number of aromatic nitrogens is 1. The molecule has 3 N–H and O–H groups in total. The van der Waals surface area contributed by atoms with E-state index in [1.54, 1.807) is 12.2 Å². The lowest BCUT2D eigenvalue weighted by atomic mass is 10.0. The molecule has 2 heterocycles. The van der Waals surface area contributed by atoms with Crippen LogP contribution >= 0.6 is 0 Å². The van der Waals surface area contributed by atoms with E-state index in [-0.39, 0.29) is 30.7 Å². The van der Waals surface area contributed by atoms with Crippen LogP contribution in [-0.2, 0) is 38.6 Å². The standard InChI is InChI=1S/C35H33N3O6/c36-28-20-27(18-16-24-10-4-1-5-11-24)38(34(41)33(28)30(39)19-17-25-12-6-2-7-13-25)22-31(40)37-29-21-32(44-35(29)42)43-23-26-14-8-3-9-15-26/h1-16,18,20,29,32H,17,19,21-23,36H2,(H,37,40). The minimum absolute atomic E-state index is 0.0372. The first-order chi connectivity index (χ1) is 21.4. The number of nitrogen functional groups attached to an aromatic ring is 1. The number of rotatable bonds is 12. The summed E-state index contributed by atoms with van der Waals surface area (Å²) >= 11 is 0. The van der Waals surface area contributed by atoms with E-state index < -0.39 is 42.1 Å². The molecule has 1 aliphatic rings. The number of nitrogens with one attached hydrogen (secondary N) is 1. The van der Waals surface area contributed by atoms with Crippen LogP contribution in [0, 0.1) is 0 Å². The number of aryl methyl sites for hydroxylation is 1. The van der Waals surface area contributed by atoms with Gasteiger partial charge in [0.05, 0.1) is 12.3 Å². The van der Waals surface area contributed by atoms with E-state index in [0.717, 1.165) is 16.7 Å². The molecule has 1 saturated heterocycles. The van der Waals surface area contributed by atoms with Gasteiger partial charge in [-0.3, -0.25) is 19.0 Å². The maximum absolute atomic E-state index is 13.7. The maximum atomic E-state index is 13.7. The zero-order valence-electron chi connectivity index (χ0n) is 24.1. The quantitative estimate of drug-likeness (QED) is 0.185. The molecule has 4 aromatic rings. The Kier molecular flexibility index (Phi) is 9.78. The van der Waals surface area contributed by atoms with Crippen molar-refractivity contribution < 1.29 is 23.9 Å². The first kappa shape index (κ1) is 30.2. The number of carbonyl (C=O) groups is 3. The fourth-order valence-corrected chi connectivity index (χ4v) is 4.96. The molecule has 9 nitrogen and oxygen atoms in total. The average Bonchev–Trinajstić information content (AvgIpc) is 3.39. The second-order valence-corrected chi connectivity index (χ2v) is 10.5. The molecule has 224 valence electrons. The number of ketones is 1. The number of pyridine rings is 1. The Hall–Kier alpha value is -5.28. The minimum Gasteiger partial charge on any atom is -0.434 e. The number of Topliss-reactive ketones (excluding diaryl/α,β-unsaturated/α-hetero) is 1. The van der Waals surface area contributed by atoms with Crippen LogP contribution in [0.2, 0.25) is 0 Å². The maximum Gasteiger partial charge on any atom is 0.331 e. The van der Waals surface area contributed by atoms with Crippen LogP contribution in [-0.4, -0.2) is 34.6 Å². The van der Waals surface area contributed by atoms with Crippen LogP contribution in [0.4, 0.5) is 5.69 Å². The highest BCUT2D eigenvalue weighted by atomic mass is 16.7. The second kappa shape index (κ2) is 14.3. The van der Waals surface area contributed by atoms with E-state index in [1.165, 1.54) is 10.6 Å². The Morgan fingerprint density at radius 3 is 2.23 bits per heavy atom. The molecular weight excluding hydrogens is 558 g/mol. The normalized spacial score (nSPS) is 16.1. The van der Waals surface area contributed by atoms with Crippen molar-refractivity contribution in [1.82, 2.24) is 9.88 Å². The fourth-order valence-electron chi connectivity index (χ4n) is 4.96. The molecule has 0 radical (unpaired) electrons. The fraction of sp³-hybridized carbons (Fsp3) is 0.200. The van der Waals surface area contributed by atoms with Gasteiger partial charge >= 0.3 is 5.97 Å². The number of anilines is 1. The zero-order valence-corrected chi connectivity index (χ0v) is 24.1. The van der Waals surface area contributed by atoms with Gasteiger partial charge in [-0.15, -0.1) is 0 Å². The number of benzene rings is 3. The SMILES string of the molecule is Nc1cc(C=Cc2ccccc2)n(CC(=O)NC2CC(OCc3ccccc3)OC2=O)c(=O)c1C(=O)CCc1ccccc1. The molecule has 0 bridgehead atoms. The third-order valence-corrected chi connectivity index (χ3v) is 7.25. The molecule has 2 atom stereocenters. The Labute approximate surface area is 254 Å². The van der Waals surface area contributed by atoms with Crippen LogP contribution in [0.25, 0.3) is 12.2 Å². The van der Waals surface area contributed by atoms with E-state index in [0.29, 0.717) is 12.1 Å². The number of esters is 1. The van der Waals surface area contributed by atoms with Gasteiger partial charge in [0.2, 0.25) is 12.2 Å². The Balaban J connectivity index is 1.33. The largest absolute Gasteiger partial charge is 0.434 e. The van der Waals surface area contributed by atoms with Gasteiger partial charge < -0.3 is 20.5 Å². The molecule has 1 aromatic heterocycles. The van der Waals surface area contributed by atoms with Crippen molar-refractivity contribution in [3.8, 4) is 0 Å². The highest BCUT2D eigenvalue weighted by Gasteiger charge is 2.36. The van der Waals surface area contributed by atoms with Gasteiger partial charge in [-0.05, 0) is 35.3 Å². The highest BCUT2D eigenvalue weighted by Crippen LogP contribution is 2.19. The van der Waals surface area contributed by atoms with Crippen LogP contribution in [0.15, 0.2) is 102 Å². The molecule has 1 amide bonds. The molecule has 3 aromatic carbocycles. The predicted octanol–water partition coefficient (Wildman–Crippen LogP) is 4.39. The van der Waals surface area contributed by atoms with Gasteiger partial charge in [0.25, 0.3) is 5.56 Å². The number of hydrogen-bond donors (Lipinski definition) is 2. The minimum atomic E-state index is -0.942. The van der Waals surface area contributed by atoms with Crippen molar-refractivity contribution in [2.75, 3.05) is 5.73 Å². The number of cyclic esters (lactones) is 1. The van der Waals surface area contributed by atoms with Gasteiger partial charge in [-0.2, -0.15) is 0 Å². The molecule has 44 heavy (non-hydrogen) atoms. The molecule has 5 rings (SSSR count). The van der Waals surface area contributed by atoms with Crippen molar-refractivity contribution in [2.45, 2.75) is 44.7 Å². The summed E-state index contributed by atoms with van der Waals surface area (Å²) in [4.78, 5) is 52.6. The van der Waals surface area contributed by atoms with Crippen molar-refractivity contribution in [2.24, 2.45) is 0 Å². The summed E-state index contributed by atoms with van der Waals surface area (Å²) in [6.45, 7) is -0.190. The molecule has 0 spiro atoms. The predicted molar refractivity (Wildman–Crippen MR) is 167 cm³/mol. The van der Waals surface area contributed by atoms with Gasteiger partial charge in [0.15, 0.2) is 5.78 Å². The zero-order chi connectivity index (χ0) is 30.9. The average molecular weight is 592 g/mol. The second-order valence-electron chi connectivity index (χ2n) is 10.5. The van der Waals surface area contributed by atoms with E-state index in [4.69, 9.17) is 15.2 Å². The van der Waals surface area contributed by atoms with Crippen molar-refractivity contribution in [3.63, 3.8) is 0 Å². The third kappa shape index (κ3) is 7.76. The van der Waals surface area contributed by atoms with Crippen molar-refractivity contribution in [3.05, 3.63) is 135 Å². The summed E-state index contributed by atoms with van der Waals surface area (Å²) in [5.41, 5.74) is 8.53. The number of nitrogens with two attached hydrogens (primary N) is 1. The number of nitrogens with zero attached hydrogens (tertiary/aromatic N) is 1. The molecule has 1 aliphatic heterocycles. The molecule has 9 heteroatoms. The van der Waals surface area contributed by atoms with Gasteiger partial charge in [0, 0.05) is 18.5 Å². The summed E-state index contributed by atoms with van der Waals surface area (Å²) in [7, 11) is 0. The third-order valence-electron chi connectivity index (χ3n) is 7.25. The summed E-state index contributed by atoms with van der Waals surface area (Å²) in [5.74, 6) is -1.64. The first-order valence-electron chi connectivity index (χ1n) is 14.4. The van der Waals surface area contributed by atoms with Gasteiger partial charge in [0.1, 0.15) is 18.2 Å². The molecule has 2 unspecified atom stereocenters. The Morgan fingerprint density at radius 2 is 1.55 bits per heavy atom. The van der Waals surface area contributed by atoms with Gasteiger partial charge in [-0.25, -0.2) is 4.79 Å². The molecule has 1 fully saturated rings. The Morgan fingerprint density at radius 1 is 0.909 bits per heavy atom. The van der Waals surface area contributed by atoms with Crippen LogP contribution < -0.4 is 16.6 Å². The van der Waals surface area contributed by atoms with Crippen LogP contribution in [0.5, 0.6) is 0 Å². The summed E-state index contributed by atoms with van der Waals surface area (Å²) in [5, 5.41) is 2.65. The van der Waals surface area contributed by atoms with E-state index in [1.807, 2.05) is 91.0 Å². The van der Waals surface area contributed by atoms with E-state index in [2.05, 4.69) is 5.32 Å². The number of ether oxygens (including phenoxy) is 2. The number of carbonyl (C=O) groups excluding carboxylic acids is 3. The summed E-state index contributed by atoms with van der Waals surface area (Å²) in [6, 6.07) is 28.9. The lowest BCUT2D eigenvalue weighted by Gasteiger charge is -2.16. The molecule has 0 aliphatic carbocycles. The first-order valence-corrected chi connectivity index (χ1v) is 14.4. The lowest BCUT2D eigenvalue weighted by molar-refractivity contribution is -0.165.